The zero-order chi connectivity index (χ0) is 17.4. The summed E-state index contributed by atoms with van der Waals surface area (Å²) < 4.78 is 4.68. The van der Waals surface area contributed by atoms with Crippen LogP contribution in [0.3, 0.4) is 0 Å². The molecule has 25 heavy (non-hydrogen) atoms. The van der Waals surface area contributed by atoms with Gasteiger partial charge in [-0.05, 0) is 18.5 Å². The largest absolute Gasteiger partial charge is 0.469 e. The quantitative estimate of drug-likeness (QED) is 0.683. The van der Waals surface area contributed by atoms with Crippen LogP contribution in [0.4, 0.5) is 0 Å². The maximum absolute atomic E-state index is 12.4. The summed E-state index contributed by atoms with van der Waals surface area (Å²) in [6.07, 6.45) is 1.34. The van der Waals surface area contributed by atoms with Gasteiger partial charge in [-0.25, -0.2) is 4.98 Å². The summed E-state index contributed by atoms with van der Waals surface area (Å²) in [5.74, 6) is -0.558. The predicted molar refractivity (Wildman–Crippen MR) is 100 cm³/mol. The van der Waals surface area contributed by atoms with Crippen molar-refractivity contribution in [2.24, 2.45) is 5.73 Å². The zero-order valence-electron chi connectivity index (χ0n) is 13.9. The van der Waals surface area contributed by atoms with Crippen LogP contribution in [0.1, 0.15) is 39.9 Å². The SMILES string of the molecule is COC(=O)CCC(NC(=O)c1csc(CCN)n1)c1ccccc1.Cl. The van der Waals surface area contributed by atoms with E-state index in [0.717, 1.165) is 10.6 Å². The Morgan fingerprint density at radius 1 is 1.32 bits per heavy atom. The number of halogens is 1. The summed E-state index contributed by atoms with van der Waals surface area (Å²) in [6, 6.07) is 9.26. The minimum absolute atomic E-state index is 0. The Morgan fingerprint density at radius 3 is 2.68 bits per heavy atom. The second kappa shape index (κ2) is 10.8. The lowest BCUT2D eigenvalue weighted by Crippen LogP contribution is -2.29. The second-order valence-electron chi connectivity index (χ2n) is 5.22. The minimum atomic E-state index is -0.302. The van der Waals surface area contributed by atoms with E-state index in [1.165, 1.54) is 18.4 Å². The number of hydrogen-bond donors (Lipinski definition) is 2. The molecule has 0 radical (unpaired) electrons. The number of ether oxygens (including phenoxy) is 1. The van der Waals surface area contributed by atoms with Gasteiger partial charge in [0.15, 0.2) is 0 Å². The van der Waals surface area contributed by atoms with Crippen LogP contribution in [-0.2, 0) is 16.0 Å². The van der Waals surface area contributed by atoms with Crippen molar-refractivity contribution in [3.63, 3.8) is 0 Å². The number of carbonyl (C=O) groups excluding carboxylic acids is 2. The third-order valence-electron chi connectivity index (χ3n) is 3.51. The average molecular weight is 384 g/mol. The molecule has 0 fully saturated rings. The number of esters is 1. The van der Waals surface area contributed by atoms with Crippen LogP contribution in [0.5, 0.6) is 0 Å². The fraction of sp³-hybridized carbons (Fsp3) is 0.353. The Bertz CT molecular complexity index is 679. The average Bonchev–Trinajstić information content (AvgIpc) is 3.08. The fourth-order valence-corrected chi connectivity index (χ4v) is 3.05. The van der Waals surface area contributed by atoms with Crippen molar-refractivity contribution in [3.8, 4) is 0 Å². The van der Waals surface area contributed by atoms with E-state index in [0.29, 0.717) is 25.1 Å². The second-order valence-corrected chi connectivity index (χ2v) is 6.16. The number of methoxy groups -OCH3 is 1. The van der Waals surface area contributed by atoms with Gasteiger partial charge in [0, 0.05) is 18.2 Å². The molecule has 1 aromatic heterocycles. The van der Waals surface area contributed by atoms with Gasteiger partial charge in [0.2, 0.25) is 0 Å². The van der Waals surface area contributed by atoms with Gasteiger partial charge in [0.05, 0.1) is 18.2 Å². The summed E-state index contributed by atoms with van der Waals surface area (Å²) in [5.41, 5.74) is 6.82. The molecule has 0 bridgehead atoms. The molecule has 1 heterocycles. The number of thiazole rings is 1. The van der Waals surface area contributed by atoms with E-state index in [4.69, 9.17) is 5.73 Å². The lowest BCUT2D eigenvalue weighted by Gasteiger charge is -2.18. The highest BCUT2D eigenvalue weighted by molar-refractivity contribution is 7.09. The van der Waals surface area contributed by atoms with Gasteiger partial charge < -0.3 is 15.8 Å². The molecular formula is C17H22ClN3O3S. The molecule has 6 nitrogen and oxygen atoms in total. The van der Waals surface area contributed by atoms with Gasteiger partial charge in [-0.1, -0.05) is 30.3 Å². The lowest BCUT2D eigenvalue weighted by atomic mass is 10.0. The van der Waals surface area contributed by atoms with Crippen LogP contribution in [0.15, 0.2) is 35.7 Å². The van der Waals surface area contributed by atoms with Crippen molar-refractivity contribution in [3.05, 3.63) is 52.0 Å². The zero-order valence-corrected chi connectivity index (χ0v) is 15.6. The number of nitrogens with two attached hydrogens (primary N) is 1. The number of hydrogen-bond acceptors (Lipinski definition) is 6. The minimum Gasteiger partial charge on any atom is -0.469 e. The molecule has 0 spiro atoms. The highest BCUT2D eigenvalue weighted by atomic mass is 35.5. The third kappa shape index (κ3) is 6.45. The van der Waals surface area contributed by atoms with Crippen LogP contribution in [0, 0.1) is 0 Å². The van der Waals surface area contributed by atoms with Crippen LogP contribution < -0.4 is 11.1 Å². The van der Waals surface area contributed by atoms with E-state index in [1.807, 2.05) is 30.3 Å². The van der Waals surface area contributed by atoms with Crippen LogP contribution in [-0.4, -0.2) is 30.5 Å². The topological polar surface area (TPSA) is 94.3 Å². The molecule has 1 aromatic carbocycles. The van der Waals surface area contributed by atoms with Crippen LogP contribution in [0.2, 0.25) is 0 Å². The lowest BCUT2D eigenvalue weighted by molar-refractivity contribution is -0.140. The molecule has 2 aromatic rings. The van der Waals surface area contributed by atoms with Gasteiger partial charge in [-0.3, -0.25) is 9.59 Å². The van der Waals surface area contributed by atoms with Crippen molar-refractivity contribution in [1.29, 1.82) is 0 Å². The first-order valence-electron chi connectivity index (χ1n) is 7.71. The normalized spacial score (nSPS) is 11.3. The number of rotatable bonds is 8. The van der Waals surface area contributed by atoms with Gasteiger partial charge in [-0.15, -0.1) is 23.7 Å². The van der Waals surface area contributed by atoms with Gasteiger partial charge in [0.1, 0.15) is 5.69 Å². The Kier molecular flexibility index (Phi) is 9.12. The number of nitrogens with one attached hydrogen (secondary N) is 1. The van der Waals surface area contributed by atoms with Crippen molar-refractivity contribution >= 4 is 35.6 Å². The Hall–Kier alpha value is -1.96. The standard InChI is InChI=1S/C17H21N3O3S.ClH/c1-23-16(21)8-7-13(12-5-3-2-4-6-12)20-17(22)14-11-24-15(19-14)9-10-18;/h2-6,11,13H,7-10,18H2,1H3,(H,20,22);1H. The van der Waals surface area contributed by atoms with E-state index >= 15 is 0 Å². The molecule has 1 amide bonds. The smallest absolute Gasteiger partial charge is 0.305 e. The molecule has 0 saturated carbocycles. The molecule has 3 N–H and O–H groups in total. The summed E-state index contributed by atoms with van der Waals surface area (Å²) in [5, 5.41) is 5.52. The van der Waals surface area contributed by atoms with Crippen LogP contribution >= 0.6 is 23.7 Å². The summed E-state index contributed by atoms with van der Waals surface area (Å²) >= 11 is 1.42. The van der Waals surface area contributed by atoms with Crippen molar-refractivity contribution in [2.45, 2.75) is 25.3 Å². The molecule has 2 rings (SSSR count). The number of benzene rings is 1. The first kappa shape index (κ1) is 21.1. The molecular weight excluding hydrogens is 362 g/mol. The number of nitrogens with zero attached hydrogens (tertiary/aromatic N) is 1. The highest BCUT2D eigenvalue weighted by Gasteiger charge is 2.19. The van der Waals surface area contributed by atoms with E-state index in [2.05, 4.69) is 15.0 Å². The Balaban J connectivity index is 0.00000312. The molecule has 0 aliphatic heterocycles. The van der Waals surface area contributed by atoms with E-state index in [1.54, 1.807) is 5.38 Å². The Labute approximate surface area is 157 Å². The maximum Gasteiger partial charge on any atom is 0.305 e. The Morgan fingerprint density at radius 2 is 2.04 bits per heavy atom. The molecule has 1 unspecified atom stereocenters. The molecule has 0 saturated heterocycles. The first-order valence-corrected chi connectivity index (χ1v) is 8.59. The van der Waals surface area contributed by atoms with E-state index in [9.17, 15) is 9.59 Å². The number of aromatic nitrogens is 1. The first-order chi connectivity index (χ1) is 11.6. The monoisotopic (exact) mass is 383 g/mol. The molecule has 1 atom stereocenters. The summed E-state index contributed by atoms with van der Waals surface area (Å²) in [6.45, 7) is 0.500. The molecule has 136 valence electrons. The summed E-state index contributed by atoms with van der Waals surface area (Å²) in [7, 11) is 1.35. The maximum atomic E-state index is 12.4. The molecule has 0 aliphatic carbocycles. The predicted octanol–water partition coefficient (Wildman–Crippen LogP) is 2.49. The van der Waals surface area contributed by atoms with Gasteiger partial charge >= 0.3 is 5.97 Å². The van der Waals surface area contributed by atoms with Crippen molar-refractivity contribution in [2.75, 3.05) is 13.7 Å². The van der Waals surface area contributed by atoms with Crippen molar-refractivity contribution < 1.29 is 14.3 Å². The highest BCUT2D eigenvalue weighted by Crippen LogP contribution is 2.20. The number of amides is 1. The van der Waals surface area contributed by atoms with Gasteiger partial charge in [0.25, 0.3) is 5.91 Å². The van der Waals surface area contributed by atoms with E-state index in [-0.39, 0.29) is 36.7 Å². The van der Waals surface area contributed by atoms with Gasteiger partial charge in [-0.2, -0.15) is 0 Å². The molecule has 8 heteroatoms. The fourth-order valence-electron chi connectivity index (χ4n) is 2.26. The van der Waals surface area contributed by atoms with E-state index < -0.39 is 0 Å². The molecule has 0 aliphatic rings. The number of carbonyl (C=O) groups is 2. The third-order valence-corrected chi connectivity index (χ3v) is 4.42. The van der Waals surface area contributed by atoms with Crippen molar-refractivity contribution in [1.82, 2.24) is 10.3 Å². The van der Waals surface area contributed by atoms with Crippen LogP contribution in [0.25, 0.3) is 0 Å². The summed E-state index contributed by atoms with van der Waals surface area (Å²) in [4.78, 5) is 28.2.